The van der Waals surface area contributed by atoms with Crippen LogP contribution in [0.5, 0.6) is 0 Å². The summed E-state index contributed by atoms with van der Waals surface area (Å²) >= 11 is 0. The normalized spacial score (nSPS) is 32.0. The monoisotopic (exact) mass is 371 g/mol. The topological polar surface area (TPSA) is 15.8 Å². The van der Waals surface area contributed by atoms with Gasteiger partial charge in [-0.05, 0) is 64.7 Å². The molecule has 0 radical (unpaired) electrons. The highest BCUT2D eigenvalue weighted by Crippen LogP contribution is 2.53. The van der Waals surface area contributed by atoms with E-state index in [9.17, 15) is 0 Å². The minimum absolute atomic E-state index is 0.100. The average molecular weight is 372 g/mol. The standard InChI is InChI=1S/C27H33N/c1-7-17-14-19(17)26-16(4)24-22(28-26)13-15(3)23-20(8-2)27(5,6)21-12-10-9-11-18(21)25(23)24/h8-13,15,17,19-20,23,28H,2,7,14H2,1,3-6H3. The molecular formula is C27H33N. The van der Waals surface area contributed by atoms with Crippen molar-refractivity contribution in [3.63, 3.8) is 0 Å². The van der Waals surface area contributed by atoms with Crippen molar-refractivity contribution in [2.45, 2.75) is 58.8 Å². The molecule has 5 unspecified atom stereocenters. The smallest absolute Gasteiger partial charge is 0.0424 e. The SMILES string of the molecule is C=CC1C2C(=c3c(C)c(C4CC4CC)[nH]c3=CC2C)c2ccccc2C1(C)C. The van der Waals surface area contributed by atoms with Crippen molar-refractivity contribution in [2.24, 2.45) is 23.7 Å². The van der Waals surface area contributed by atoms with E-state index in [2.05, 4.69) is 82.6 Å². The molecule has 3 aliphatic rings. The van der Waals surface area contributed by atoms with Crippen LogP contribution in [0.25, 0.3) is 11.6 Å². The van der Waals surface area contributed by atoms with E-state index in [0.717, 1.165) is 11.8 Å². The fourth-order valence-electron chi connectivity index (χ4n) is 6.50. The molecule has 1 heteroatoms. The predicted octanol–water partition coefficient (Wildman–Crippen LogP) is 5.18. The Hall–Kier alpha value is -2.02. The van der Waals surface area contributed by atoms with Crippen molar-refractivity contribution in [3.8, 4) is 0 Å². The Morgan fingerprint density at radius 1 is 1.25 bits per heavy atom. The van der Waals surface area contributed by atoms with E-state index >= 15 is 0 Å². The largest absolute Gasteiger partial charge is 0.358 e. The van der Waals surface area contributed by atoms with Crippen LogP contribution in [0.2, 0.25) is 0 Å². The number of hydrogen-bond donors (Lipinski definition) is 1. The molecule has 28 heavy (non-hydrogen) atoms. The highest BCUT2D eigenvalue weighted by Gasteiger charge is 2.47. The maximum atomic E-state index is 4.29. The number of aromatic amines is 1. The molecule has 5 rings (SSSR count). The summed E-state index contributed by atoms with van der Waals surface area (Å²) in [6.07, 6.45) is 7.38. The molecule has 0 amide bonds. The van der Waals surface area contributed by atoms with Gasteiger partial charge in [0.2, 0.25) is 0 Å². The zero-order chi connectivity index (χ0) is 19.8. The van der Waals surface area contributed by atoms with Gasteiger partial charge in [-0.1, -0.05) is 70.5 Å². The molecule has 1 nitrogen and oxygen atoms in total. The van der Waals surface area contributed by atoms with Crippen molar-refractivity contribution >= 4 is 11.6 Å². The first-order valence-corrected chi connectivity index (χ1v) is 11.1. The molecule has 1 saturated carbocycles. The van der Waals surface area contributed by atoms with Crippen molar-refractivity contribution in [1.29, 1.82) is 0 Å². The number of benzene rings is 1. The zero-order valence-electron chi connectivity index (χ0n) is 18.0. The van der Waals surface area contributed by atoms with Crippen LogP contribution in [0.4, 0.5) is 0 Å². The van der Waals surface area contributed by atoms with Crippen molar-refractivity contribution in [2.75, 3.05) is 0 Å². The fraction of sp³-hybridized carbons (Fsp3) is 0.481. The quantitative estimate of drug-likeness (QED) is 0.716. The van der Waals surface area contributed by atoms with Gasteiger partial charge in [0.1, 0.15) is 0 Å². The van der Waals surface area contributed by atoms with E-state index in [1.165, 1.54) is 45.8 Å². The predicted molar refractivity (Wildman–Crippen MR) is 119 cm³/mol. The molecule has 0 saturated heterocycles. The molecule has 1 heterocycles. The number of allylic oxidation sites excluding steroid dienone is 1. The first-order chi connectivity index (χ1) is 13.4. The van der Waals surface area contributed by atoms with Crippen LogP contribution in [-0.2, 0) is 5.41 Å². The highest BCUT2D eigenvalue weighted by atomic mass is 14.8. The van der Waals surface area contributed by atoms with E-state index in [1.54, 1.807) is 5.57 Å². The lowest BCUT2D eigenvalue weighted by atomic mass is 9.55. The Kier molecular flexibility index (Phi) is 3.86. The van der Waals surface area contributed by atoms with E-state index in [4.69, 9.17) is 0 Å². The van der Waals surface area contributed by atoms with Gasteiger partial charge in [0.25, 0.3) is 0 Å². The lowest BCUT2D eigenvalue weighted by Crippen LogP contribution is -2.47. The van der Waals surface area contributed by atoms with Crippen LogP contribution in [0.3, 0.4) is 0 Å². The van der Waals surface area contributed by atoms with Crippen LogP contribution >= 0.6 is 0 Å². The van der Waals surface area contributed by atoms with Crippen LogP contribution in [0, 0.1) is 30.6 Å². The Labute approximate surface area is 169 Å². The van der Waals surface area contributed by atoms with E-state index in [1.807, 2.05) is 0 Å². The van der Waals surface area contributed by atoms with E-state index in [-0.39, 0.29) is 5.41 Å². The molecule has 0 aliphatic heterocycles. The summed E-state index contributed by atoms with van der Waals surface area (Å²) in [6, 6.07) is 9.12. The third-order valence-corrected chi connectivity index (χ3v) is 8.12. The number of hydrogen-bond acceptors (Lipinski definition) is 0. The summed E-state index contributed by atoms with van der Waals surface area (Å²) in [5.74, 6) is 3.06. The molecule has 1 aromatic carbocycles. The van der Waals surface area contributed by atoms with Gasteiger partial charge in [-0.25, -0.2) is 0 Å². The summed E-state index contributed by atoms with van der Waals surface area (Å²) in [5.41, 5.74) is 7.61. The summed E-state index contributed by atoms with van der Waals surface area (Å²) in [4.78, 5) is 3.87. The third kappa shape index (κ3) is 2.25. The minimum atomic E-state index is 0.100. The molecule has 0 bridgehead atoms. The number of H-pyrrole nitrogens is 1. The Balaban J connectivity index is 1.86. The lowest BCUT2D eigenvalue weighted by Gasteiger charge is -2.48. The van der Waals surface area contributed by atoms with Gasteiger partial charge in [-0.15, -0.1) is 6.58 Å². The zero-order valence-corrected chi connectivity index (χ0v) is 18.0. The number of nitrogens with one attached hydrogen (secondary N) is 1. The number of rotatable bonds is 3. The van der Waals surface area contributed by atoms with Crippen LogP contribution in [0.15, 0.2) is 36.9 Å². The number of fused-ring (bicyclic) bond motifs is 4. The van der Waals surface area contributed by atoms with Gasteiger partial charge in [0.15, 0.2) is 0 Å². The third-order valence-electron chi connectivity index (χ3n) is 8.12. The first kappa shape index (κ1) is 18.0. The maximum Gasteiger partial charge on any atom is 0.0424 e. The van der Waals surface area contributed by atoms with Gasteiger partial charge in [0, 0.05) is 22.2 Å². The summed E-state index contributed by atoms with van der Waals surface area (Å²) in [5, 5.41) is 2.86. The molecule has 0 spiro atoms. The van der Waals surface area contributed by atoms with Gasteiger partial charge < -0.3 is 4.98 Å². The fourth-order valence-corrected chi connectivity index (χ4v) is 6.50. The highest BCUT2D eigenvalue weighted by molar-refractivity contribution is 5.77. The molecule has 1 N–H and O–H groups in total. The van der Waals surface area contributed by atoms with Gasteiger partial charge in [-0.3, -0.25) is 0 Å². The van der Waals surface area contributed by atoms with Crippen LogP contribution in [-0.4, -0.2) is 4.98 Å². The summed E-state index contributed by atoms with van der Waals surface area (Å²) < 4.78 is 0. The average Bonchev–Trinajstić information content (AvgIpc) is 3.39. The second kappa shape index (κ2) is 5.99. The van der Waals surface area contributed by atoms with Crippen molar-refractivity contribution in [1.82, 2.24) is 4.98 Å². The molecule has 3 aliphatic carbocycles. The minimum Gasteiger partial charge on any atom is -0.358 e. The lowest BCUT2D eigenvalue weighted by molar-refractivity contribution is 0.269. The Morgan fingerprint density at radius 2 is 2.00 bits per heavy atom. The Morgan fingerprint density at radius 3 is 2.68 bits per heavy atom. The molecule has 146 valence electrons. The van der Waals surface area contributed by atoms with Gasteiger partial charge in [-0.2, -0.15) is 0 Å². The van der Waals surface area contributed by atoms with E-state index in [0.29, 0.717) is 17.8 Å². The second-order valence-electron chi connectivity index (χ2n) is 9.96. The number of aromatic nitrogens is 1. The molecule has 2 aromatic rings. The molecule has 5 atom stereocenters. The van der Waals surface area contributed by atoms with Gasteiger partial charge in [0.05, 0.1) is 0 Å². The Bertz CT molecular complexity index is 1080. The molecule has 1 aromatic heterocycles. The summed E-state index contributed by atoms with van der Waals surface area (Å²) in [7, 11) is 0. The van der Waals surface area contributed by atoms with E-state index < -0.39 is 0 Å². The van der Waals surface area contributed by atoms with Gasteiger partial charge >= 0.3 is 0 Å². The van der Waals surface area contributed by atoms with Crippen LogP contribution in [0.1, 0.15) is 68.8 Å². The maximum absolute atomic E-state index is 4.29. The summed E-state index contributed by atoms with van der Waals surface area (Å²) in [6.45, 7) is 16.2. The molecule has 1 fully saturated rings. The van der Waals surface area contributed by atoms with Crippen molar-refractivity contribution < 1.29 is 0 Å². The van der Waals surface area contributed by atoms with Crippen LogP contribution < -0.4 is 10.6 Å². The van der Waals surface area contributed by atoms with Crippen molar-refractivity contribution in [3.05, 3.63) is 69.9 Å². The first-order valence-electron chi connectivity index (χ1n) is 11.1. The molecular weight excluding hydrogens is 338 g/mol. The second-order valence-corrected chi connectivity index (χ2v) is 9.96.